The van der Waals surface area contributed by atoms with Crippen molar-refractivity contribution in [2.24, 2.45) is 5.92 Å². The van der Waals surface area contributed by atoms with Crippen LogP contribution in [-0.2, 0) is 17.2 Å². The lowest BCUT2D eigenvalue weighted by molar-refractivity contribution is 0.148. The van der Waals surface area contributed by atoms with Crippen LogP contribution < -0.4 is 0 Å². The minimum Gasteiger partial charge on any atom is -0.384 e. The van der Waals surface area contributed by atoms with Crippen molar-refractivity contribution < 1.29 is 4.74 Å². The van der Waals surface area contributed by atoms with Gasteiger partial charge in [0.2, 0.25) is 0 Å². The number of methoxy groups -OCH3 is 1. The quantitative estimate of drug-likeness (QED) is 0.663. The van der Waals surface area contributed by atoms with Gasteiger partial charge in [-0.3, -0.25) is 0 Å². The number of halogens is 1. The third kappa shape index (κ3) is 2.93. The summed E-state index contributed by atoms with van der Waals surface area (Å²) in [6.45, 7) is 3.51. The minimum absolute atomic E-state index is 0.340. The van der Waals surface area contributed by atoms with Gasteiger partial charge in [0, 0.05) is 13.7 Å². The van der Waals surface area contributed by atoms with Gasteiger partial charge in [0.25, 0.3) is 0 Å². The third-order valence-corrected chi connectivity index (χ3v) is 1.90. The second-order valence-corrected chi connectivity index (χ2v) is 3.24. The van der Waals surface area contributed by atoms with Crippen LogP contribution in [0.5, 0.6) is 0 Å². The van der Waals surface area contributed by atoms with Crippen molar-refractivity contribution in [2.45, 2.75) is 19.3 Å². The molecule has 0 spiro atoms. The van der Waals surface area contributed by atoms with E-state index < -0.39 is 0 Å². The molecule has 0 bridgehead atoms. The van der Waals surface area contributed by atoms with Crippen LogP contribution in [0.25, 0.3) is 0 Å². The molecule has 0 aromatic carbocycles. The molecule has 0 radical (unpaired) electrons. The summed E-state index contributed by atoms with van der Waals surface area (Å²) in [5.41, 5.74) is 0. The Balaban J connectivity index is 2.52. The number of alkyl halides is 1. The predicted molar refractivity (Wildman–Crippen MR) is 48.4 cm³/mol. The number of nitrogens with zero attached hydrogens (tertiary/aromatic N) is 4. The van der Waals surface area contributed by atoms with E-state index in [0.29, 0.717) is 24.2 Å². The maximum atomic E-state index is 5.64. The van der Waals surface area contributed by atoms with E-state index >= 15 is 0 Å². The fourth-order valence-electron chi connectivity index (χ4n) is 1.09. The molecule has 1 heterocycles. The van der Waals surface area contributed by atoms with Gasteiger partial charge in [-0.1, -0.05) is 6.92 Å². The van der Waals surface area contributed by atoms with Gasteiger partial charge >= 0.3 is 0 Å². The first-order valence-corrected chi connectivity index (χ1v) is 4.61. The van der Waals surface area contributed by atoms with Crippen LogP contribution in [0.2, 0.25) is 0 Å². The Labute approximate surface area is 82.0 Å². The van der Waals surface area contributed by atoms with Gasteiger partial charge in [-0.05, 0) is 16.3 Å². The first-order valence-electron chi connectivity index (χ1n) is 4.08. The molecule has 0 saturated heterocycles. The van der Waals surface area contributed by atoms with Crippen molar-refractivity contribution in [3.63, 3.8) is 0 Å². The SMILES string of the molecule is COCC(C)Cn1nnnc1CCl. The van der Waals surface area contributed by atoms with Crippen LogP contribution in [0.1, 0.15) is 12.7 Å². The molecule has 0 amide bonds. The summed E-state index contributed by atoms with van der Waals surface area (Å²) in [5.74, 6) is 1.42. The summed E-state index contributed by atoms with van der Waals surface area (Å²) in [7, 11) is 1.68. The molecule has 1 atom stereocenters. The van der Waals surface area contributed by atoms with Gasteiger partial charge < -0.3 is 4.74 Å². The average molecular weight is 205 g/mol. The molecule has 0 N–H and O–H groups in total. The number of ether oxygens (including phenoxy) is 1. The van der Waals surface area contributed by atoms with E-state index in [9.17, 15) is 0 Å². The highest BCUT2D eigenvalue weighted by molar-refractivity contribution is 6.16. The summed E-state index contributed by atoms with van der Waals surface area (Å²) in [6.07, 6.45) is 0. The number of aromatic nitrogens is 4. The van der Waals surface area contributed by atoms with Gasteiger partial charge in [-0.15, -0.1) is 16.7 Å². The van der Waals surface area contributed by atoms with Gasteiger partial charge in [0.1, 0.15) is 0 Å². The topological polar surface area (TPSA) is 52.8 Å². The lowest BCUT2D eigenvalue weighted by Crippen LogP contribution is -2.15. The molecule has 0 aliphatic heterocycles. The van der Waals surface area contributed by atoms with Crippen LogP contribution in [0.3, 0.4) is 0 Å². The molecule has 1 unspecified atom stereocenters. The summed E-state index contributed by atoms with van der Waals surface area (Å²) >= 11 is 5.64. The Hall–Kier alpha value is -0.680. The maximum Gasteiger partial charge on any atom is 0.166 e. The zero-order valence-corrected chi connectivity index (χ0v) is 8.53. The highest BCUT2D eigenvalue weighted by Gasteiger charge is 2.08. The predicted octanol–water partition coefficient (Wildman–Crippen LogP) is 0.694. The van der Waals surface area contributed by atoms with Crippen molar-refractivity contribution in [3.05, 3.63) is 5.82 Å². The fraction of sp³-hybridized carbons (Fsp3) is 0.857. The molecule has 0 aliphatic rings. The van der Waals surface area contributed by atoms with Crippen LogP contribution in [-0.4, -0.2) is 33.9 Å². The minimum atomic E-state index is 0.340. The van der Waals surface area contributed by atoms with Crippen molar-refractivity contribution >= 4 is 11.6 Å². The van der Waals surface area contributed by atoms with Crippen LogP contribution in [0.4, 0.5) is 0 Å². The summed E-state index contributed by atoms with van der Waals surface area (Å²) in [5, 5.41) is 11.1. The van der Waals surface area contributed by atoms with Crippen LogP contribution in [0, 0.1) is 5.92 Å². The van der Waals surface area contributed by atoms with Gasteiger partial charge in [0.05, 0.1) is 12.5 Å². The first-order chi connectivity index (χ1) is 6.27. The molecule has 0 fully saturated rings. The second-order valence-electron chi connectivity index (χ2n) is 2.97. The van der Waals surface area contributed by atoms with E-state index in [4.69, 9.17) is 16.3 Å². The highest BCUT2D eigenvalue weighted by atomic mass is 35.5. The number of hydrogen-bond acceptors (Lipinski definition) is 4. The molecule has 1 aromatic rings. The smallest absolute Gasteiger partial charge is 0.166 e. The molecule has 6 heteroatoms. The Kier molecular flexibility index (Phi) is 4.11. The summed E-state index contributed by atoms with van der Waals surface area (Å²) in [4.78, 5) is 0. The monoisotopic (exact) mass is 204 g/mol. The van der Waals surface area contributed by atoms with Crippen LogP contribution in [0.15, 0.2) is 0 Å². The van der Waals surface area contributed by atoms with E-state index in [2.05, 4.69) is 22.4 Å². The maximum absolute atomic E-state index is 5.64. The summed E-state index contributed by atoms with van der Waals surface area (Å²) < 4.78 is 6.72. The van der Waals surface area contributed by atoms with E-state index in [0.717, 1.165) is 6.54 Å². The van der Waals surface area contributed by atoms with E-state index in [1.165, 1.54) is 0 Å². The molecule has 1 rings (SSSR count). The lowest BCUT2D eigenvalue weighted by Gasteiger charge is -2.09. The number of rotatable bonds is 5. The van der Waals surface area contributed by atoms with Gasteiger partial charge in [0.15, 0.2) is 5.82 Å². The van der Waals surface area contributed by atoms with Crippen molar-refractivity contribution in [1.29, 1.82) is 0 Å². The molecule has 0 aliphatic carbocycles. The average Bonchev–Trinajstić information content (AvgIpc) is 2.52. The molecular formula is C7H13ClN4O. The Morgan fingerprint density at radius 1 is 1.62 bits per heavy atom. The van der Waals surface area contributed by atoms with Crippen molar-refractivity contribution in [2.75, 3.05) is 13.7 Å². The second kappa shape index (κ2) is 5.14. The first kappa shape index (κ1) is 10.4. The fourth-order valence-corrected chi connectivity index (χ4v) is 1.28. The van der Waals surface area contributed by atoms with E-state index in [-0.39, 0.29) is 0 Å². The Morgan fingerprint density at radius 2 is 2.38 bits per heavy atom. The zero-order chi connectivity index (χ0) is 9.68. The summed E-state index contributed by atoms with van der Waals surface area (Å²) in [6, 6.07) is 0. The van der Waals surface area contributed by atoms with Gasteiger partial charge in [-0.2, -0.15) is 0 Å². The largest absolute Gasteiger partial charge is 0.384 e. The Bertz CT molecular complexity index is 252. The van der Waals surface area contributed by atoms with Crippen LogP contribution >= 0.6 is 11.6 Å². The molecule has 13 heavy (non-hydrogen) atoms. The van der Waals surface area contributed by atoms with Crippen molar-refractivity contribution in [3.8, 4) is 0 Å². The molecule has 74 valence electrons. The molecular weight excluding hydrogens is 192 g/mol. The number of hydrogen-bond donors (Lipinski definition) is 0. The molecule has 0 saturated carbocycles. The number of tetrazole rings is 1. The standard InChI is InChI=1S/C7H13ClN4O/c1-6(5-13-2)4-12-7(3-8)9-10-11-12/h6H,3-5H2,1-2H3. The third-order valence-electron chi connectivity index (χ3n) is 1.66. The van der Waals surface area contributed by atoms with E-state index in [1.807, 2.05) is 0 Å². The molecule has 1 aromatic heterocycles. The highest BCUT2D eigenvalue weighted by Crippen LogP contribution is 2.03. The van der Waals surface area contributed by atoms with E-state index in [1.54, 1.807) is 11.8 Å². The lowest BCUT2D eigenvalue weighted by atomic mass is 10.2. The normalized spacial score (nSPS) is 13.2. The molecule has 5 nitrogen and oxygen atoms in total. The zero-order valence-electron chi connectivity index (χ0n) is 7.77. The van der Waals surface area contributed by atoms with Crippen molar-refractivity contribution in [1.82, 2.24) is 20.2 Å². The van der Waals surface area contributed by atoms with Gasteiger partial charge in [-0.25, -0.2) is 4.68 Å². The Morgan fingerprint density at radius 3 is 3.00 bits per heavy atom.